The maximum atomic E-state index is 13.0. The first-order valence-corrected chi connectivity index (χ1v) is 9.92. The number of hydrogen-bond acceptors (Lipinski definition) is 6. The first-order chi connectivity index (χ1) is 13.0. The number of likely N-dealkylation sites (tertiary alicyclic amines) is 1. The minimum Gasteiger partial charge on any atom is -0.393 e. The van der Waals surface area contributed by atoms with E-state index in [-0.39, 0.29) is 24.2 Å². The molecule has 0 aliphatic carbocycles. The van der Waals surface area contributed by atoms with Crippen molar-refractivity contribution in [1.29, 1.82) is 0 Å². The van der Waals surface area contributed by atoms with Crippen LogP contribution in [0, 0.1) is 0 Å². The summed E-state index contributed by atoms with van der Waals surface area (Å²) < 4.78 is 12.8. The first kappa shape index (κ1) is 20.3. The number of aromatic nitrogens is 2. The van der Waals surface area contributed by atoms with E-state index >= 15 is 0 Å². The predicted octanol–water partition coefficient (Wildman–Crippen LogP) is 0.738. The number of aliphatic hydroxyl groups is 1. The molecule has 1 fully saturated rings. The summed E-state index contributed by atoms with van der Waals surface area (Å²) in [6.45, 7) is 8.19. The molecule has 152 valence electrons. The number of ether oxygens (including phenoxy) is 2. The van der Waals surface area contributed by atoms with Crippen LogP contribution in [0.25, 0.3) is 0 Å². The Hall–Kier alpha value is -1.48. The van der Waals surface area contributed by atoms with Crippen LogP contribution in [-0.4, -0.2) is 77.8 Å². The molecule has 1 aromatic rings. The summed E-state index contributed by atoms with van der Waals surface area (Å²) in [4.78, 5) is 15.2. The van der Waals surface area contributed by atoms with Crippen LogP contribution in [0.4, 0.5) is 0 Å². The van der Waals surface area contributed by atoms with Gasteiger partial charge >= 0.3 is 0 Å². The Morgan fingerprint density at radius 3 is 2.78 bits per heavy atom. The van der Waals surface area contributed by atoms with Crippen LogP contribution in [0.1, 0.15) is 54.5 Å². The highest BCUT2D eigenvalue weighted by molar-refractivity contribution is 5.94. The van der Waals surface area contributed by atoms with Gasteiger partial charge in [0.25, 0.3) is 5.91 Å². The lowest BCUT2D eigenvalue weighted by Crippen LogP contribution is -2.41. The minimum atomic E-state index is -0.177. The van der Waals surface area contributed by atoms with Gasteiger partial charge in [-0.1, -0.05) is 0 Å². The molecule has 0 unspecified atom stereocenters. The second kappa shape index (κ2) is 9.14. The fourth-order valence-electron chi connectivity index (χ4n) is 3.94. The third-order valence-electron chi connectivity index (χ3n) is 5.39. The van der Waals surface area contributed by atoms with E-state index in [9.17, 15) is 9.90 Å². The molecule has 2 aliphatic rings. The van der Waals surface area contributed by atoms with Gasteiger partial charge in [-0.05, 0) is 26.7 Å². The summed E-state index contributed by atoms with van der Waals surface area (Å²) in [5.74, 6) is -0.0850. The van der Waals surface area contributed by atoms with E-state index in [0.717, 1.165) is 43.7 Å². The van der Waals surface area contributed by atoms with Crippen LogP contribution in [-0.2, 0) is 22.4 Å². The monoisotopic (exact) mass is 380 g/mol. The number of methoxy groups -OCH3 is 1. The Balaban J connectivity index is 1.67. The Kier molecular flexibility index (Phi) is 6.86. The van der Waals surface area contributed by atoms with Crippen LogP contribution in [0.2, 0.25) is 0 Å². The van der Waals surface area contributed by atoms with Crippen molar-refractivity contribution in [1.82, 2.24) is 20.0 Å². The van der Waals surface area contributed by atoms with Gasteiger partial charge in [-0.15, -0.1) is 0 Å². The van der Waals surface area contributed by atoms with Crippen molar-refractivity contribution in [3.8, 4) is 0 Å². The lowest BCUT2D eigenvalue weighted by molar-refractivity contribution is -0.00717. The number of nitrogens with zero attached hydrogens (tertiary/aromatic N) is 3. The molecule has 8 heteroatoms. The number of nitrogens with one attached hydrogen (secondary N) is 1. The van der Waals surface area contributed by atoms with E-state index in [1.165, 1.54) is 0 Å². The smallest absolute Gasteiger partial charge is 0.269 e. The average molecular weight is 380 g/mol. The van der Waals surface area contributed by atoms with Crippen molar-refractivity contribution in [2.24, 2.45) is 0 Å². The van der Waals surface area contributed by atoms with Crippen LogP contribution in [0.3, 0.4) is 0 Å². The molecule has 2 aliphatic heterocycles. The summed E-state index contributed by atoms with van der Waals surface area (Å²) >= 11 is 0. The molecular formula is C19H32N4O4. The van der Waals surface area contributed by atoms with E-state index in [1.807, 2.05) is 13.8 Å². The van der Waals surface area contributed by atoms with Crippen molar-refractivity contribution < 1.29 is 19.4 Å². The Morgan fingerprint density at radius 1 is 1.33 bits per heavy atom. The lowest BCUT2D eigenvalue weighted by Gasteiger charge is -2.29. The molecule has 0 bridgehead atoms. The number of carbonyl (C=O) groups is 1. The standard InChI is InChI=1S/C19H32N4O4/c1-13-12-16-17(14(2)27-13)21-23(10-11-26-3)18(16)19(25)20-6-9-22-7-4-15(24)5-8-22/h13-15,24H,4-12H2,1-3H3,(H,20,25)/t13-,14+/m0/s1. The van der Waals surface area contributed by atoms with Gasteiger partial charge in [0.2, 0.25) is 0 Å². The van der Waals surface area contributed by atoms with Crippen molar-refractivity contribution in [3.05, 3.63) is 17.0 Å². The van der Waals surface area contributed by atoms with Crippen molar-refractivity contribution in [3.63, 3.8) is 0 Å². The number of carbonyl (C=O) groups excluding carboxylic acids is 1. The number of amides is 1. The zero-order chi connectivity index (χ0) is 19.4. The number of fused-ring (bicyclic) bond motifs is 1. The molecule has 27 heavy (non-hydrogen) atoms. The highest BCUT2D eigenvalue weighted by atomic mass is 16.5. The predicted molar refractivity (Wildman–Crippen MR) is 101 cm³/mol. The highest BCUT2D eigenvalue weighted by Crippen LogP contribution is 2.31. The Morgan fingerprint density at radius 2 is 2.07 bits per heavy atom. The van der Waals surface area contributed by atoms with Gasteiger partial charge in [0.15, 0.2) is 0 Å². The highest BCUT2D eigenvalue weighted by Gasteiger charge is 2.32. The Labute approximate surface area is 160 Å². The zero-order valence-electron chi connectivity index (χ0n) is 16.6. The molecule has 3 rings (SSSR count). The maximum Gasteiger partial charge on any atom is 0.269 e. The van der Waals surface area contributed by atoms with E-state index in [0.29, 0.717) is 31.8 Å². The second-order valence-corrected chi connectivity index (χ2v) is 7.55. The van der Waals surface area contributed by atoms with Crippen LogP contribution >= 0.6 is 0 Å². The quantitative estimate of drug-likeness (QED) is 0.725. The SMILES string of the molecule is COCCn1nc2c(c1C(=O)NCCN1CCC(O)CC1)C[C@H](C)O[C@@H]2C. The van der Waals surface area contributed by atoms with E-state index < -0.39 is 0 Å². The minimum absolute atomic E-state index is 0.0684. The van der Waals surface area contributed by atoms with Gasteiger partial charge in [-0.2, -0.15) is 5.10 Å². The van der Waals surface area contributed by atoms with E-state index in [1.54, 1.807) is 11.8 Å². The molecule has 1 amide bonds. The van der Waals surface area contributed by atoms with Gasteiger partial charge in [0, 0.05) is 45.3 Å². The molecule has 2 atom stereocenters. The molecule has 2 N–H and O–H groups in total. The zero-order valence-corrected chi connectivity index (χ0v) is 16.6. The van der Waals surface area contributed by atoms with Crippen LogP contribution in [0.5, 0.6) is 0 Å². The number of aliphatic hydroxyl groups excluding tert-OH is 1. The Bertz CT molecular complexity index is 640. The normalized spacial score (nSPS) is 24.0. The van der Waals surface area contributed by atoms with Crippen LogP contribution in [0.15, 0.2) is 0 Å². The third kappa shape index (κ3) is 4.87. The molecule has 8 nitrogen and oxygen atoms in total. The molecule has 0 spiro atoms. The average Bonchev–Trinajstić information content (AvgIpc) is 3.00. The molecule has 1 aromatic heterocycles. The summed E-state index contributed by atoms with van der Waals surface area (Å²) in [7, 11) is 1.65. The van der Waals surface area contributed by atoms with Crippen molar-refractivity contribution >= 4 is 5.91 Å². The maximum absolute atomic E-state index is 13.0. The van der Waals surface area contributed by atoms with Crippen molar-refractivity contribution in [2.45, 2.75) is 58.0 Å². The number of rotatable bonds is 7. The first-order valence-electron chi connectivity index (χ1n) is 9.92. The topological polar surface area (TPSA) is 88.9 Å². The van der Waals surface area contributed by atoms with Crippen molar-refractivity contribution in [2.75, 3.05) is 39.9 Å². The fraction of sp³-hybridized carbons (Fsp3) is 0.789. The van der Waals surface area contributed by atoms with Gasteiger partial charge in [-0.25, -0.2) is 0 Å². The van der Waals surface area contributed by atoms with Gasteiger partial charge in [-0.3, -0.25) is 9.48 Å². The summed E-state index contributed by atoms with van der Waals surface area (Å²) in [6.07, 6.45) is 2.09. The van der Waals surface area contributed by atoms with E-state index in [4.69, 9.17) is 9.47 Å². The van der Waals surface area contributed by atoms with Gasteiger partial charge in [0.05, 0.1) is 37.2 Å². The molecule has 1 saturated heterocycles. The summed E-state index contributed by atoms with van der Waals surface area (Å²) in [5.41, 5.74) is 2.49. The molecule has 0 radical (unpaired) electrons. The number of hydrogen-bond donors (Lipinski definition) is 2. The van der Waals surface area contributed by atoms with Gasteiger partial charge in [0.1, 0.15) is 5.69 Å². The molecule has 0 saturated carbocycles. The largest absolute Gasteiger partial charge is 0.393 e. The molecular weight excluding hydrogens is 348 g/mol. The van der Waals surface area contributed by atoms with Crippen LogP contribution < -0.4 is 5.32 Å². The number of piperidine rings is 1. The second-order valence-electron chi connectivity index (χ2n) is 7.55. The fourth-order valence-corrected chi connectivity index (χ4v) is 3.94. The lowest BCUT2D eigenvalue weighted by atomic mass is 9.99. The summed E-state index contributed by atoms with van der Waals surface area (Å²) in [6, 6.07) is 0. The molecule has 3 heterocycles. The summed E-state index contributed by atoms with van der Waals surface area (Å²) in [5, 5.41) is 17.3. The molecule has 0 aromatic carbocycles. The van der Waals surface area contributed by atoms with Gasteiger partial charge < -0.3 is 24.8 Å². The van der Waals surface area contributed by atoms with E-state index in [2.05, 4.69) is 15.3 Å². The third-order valence-corrected chi connectivity index (χ3v) is 5.39.